The predicted molar refractivity (Wildman–Crippen MR) is 21.0 cm³/mol. The van der Waals surface area contributed by atoms with Crippen molar-refractivity contribution in [2.75, 3.05) is 7.11 Å². The summed E-state index contributed by atoms with van der Waals surface area (Å²) in [6.45, 7) is 2.81. The molecule has 0 fully saturated rings. The lowest BCUT2D eigenvalue weighted by atomic mass is 11.7. The average Bonchev–Trinajstić information content (AvgIpc) is 1.38. The highest BCUT2D eigenvalue weighted by molar-refractivity contribution is 5.13. The summed E-state index contributed by atoms with van der Waals surface area (Å²) in [5.41, 5.74) is 0. The Labute approximate surface area is 37.4 Å². The summed E-state index contributed by atoms with van der Waals surface area (Å²) in [7, 11) is 1.25. The predicted octanol–water partition coefficient (Wildman–Crippen LogP) is -0.160. The second-order valence-corrected chi connectivity index (χ2v) is 0.515. The summed E-state index contributed by atoms with van der Waals surface area (Å²) in [6.07, 6.45) is 0. The van der Waals surface area contributed by atoms with E-state index in [9.17, 15) is 5.21 Å². The Morgan fingerprint density at radius 2 is 2.00 bits per heavy atom. The maximum atomic E-state index is 9.40. The van der Waals surface area contributed by atoms with Crippen molar-refractivity contribution in [2.24, 2.45) is 0 Å². The third-order valence-electron chi connectivity index (χ3n) is 0.204. The number of hydrogen-bond donors (Lipinski definition) is 0. The molecule has 3 heteroatoms. The second-order valence-electron chi connectivity index (χ2n) is 0.515. The summed E-state index contributed by atoms with van der Waals surface area (Å²) in [4.78, 5) is 4.04. The lowest BCUT2D eigenvalue weighted by Crippen LogP contribution is -1.93. The molecule has 4 radical (unpaired) electrons. The molecule has 3 nitrogen and oxygen atoms in total. The fraction of sp³-hybridized carbons (Fsp3) is 0.333. The van der Waals surface area contributed by atoms with Crippen LogP contribution in [0.3, 0.4) is 0 Å². The Bertz CT molecular complexity index is 44.1. The third kappa shape index (κ3) is 10.4. The second kappa shape index (κ2) is 4.27. The number of hydrogen-bond acceptors (Lipinski definition) is 2. The van der Waals surface area contributed by atoms with Crippen LogP contribution in [0.4, 0.5) is 0 Å². The van der Waals surface area contributed by atoms with Gasteiger partial charge in [0.05, 0.1) is 0 Å². The molecular formula is C3H5NO2. The minimum Gasteiger partial charge on any atom is -0.407 e. The van der Waals surface area contributed by atoms with Gasteiger partial charge in [0.2, 0.25) is 0 Å². The van der Waals surface area contributed by atoms with Crippen molar-refractivity contribution in [1.29, 1.82) is 0 Å². The molecule has 0 amide bonds. The van der Waals surface area contributed by atoms with Crippen LogP contribution in [-0.4, -0.2) is 18.7 Å². The van der Waals surface area contributed by atoms with Gasteiger partial charge in [0, 0.05) is 19.4 Å². The zero-order chi connectivity index (χ0) is 4.28. The van der Waals surface area contributed by atoms with Crippen LogP contribution >= 0.6 is 0 Å². The maximum Gasteiger partial charge on any atom is 0.198 e. The van der Waals surface area contributed by atoms with Gasteiger partial charge in [0.1, 0.15) is 0 Å². The van der Waals surface area contributed by atoms with Crippen molar-refractivity contribution in [1.82, 2.24) is 0 Å². The van der Waals surface area contributed by atoms with Crippen LogP contribution in [0, 0.1) is 12.6 Å². The van der Waals surface area contributed by atoms with E-state index in [0.717, 1.165) is 0 Å². The van der Waals surface area contributed by atoms with E-state index < -0.39 is 0 Å². The van der Waals surface area contributed by atoms with Gasteiger partial charge in [-0.1, -0.05) is 0 Å². The molecule has 0 aliphatic heterocycles. The van der Waals surface area contributed by atoms with Crippen LogP contribution in [0.2, 0.25) is 0 Å². The van der Waals surface area contributed by atoms with Crippen LogP contribution in [-0.2, 0) is 4.84 Å². The molecule has 0 bridgehead atoms. The van der Waals surface area contributed by atoms with Crippen LogP contribution < -0.4 is 0 Å². The normalized spacial score (nSPS) is 5.50. The van der Waals surface area contributed by atoms with Crippen LogP contribution in [0.15, 0.2) is 0 Å². The summed E-state index contributed by atoms with van der Waals surface area (Å²) in [5, 5.41) is 9.40. The molecule has 0 saturated carbocycles. The van der Waals surface area contributed by atoms with Crippen molar-refractivity contribution >= 4 is 6.72 Å². The summed E-state index contributed by atoms with van der Waals surface area (Å²) < 4.78 is 0. The topological polar surface area (TPSA) is 35.3 Å². The molecule has 0 rings (SSSR count). The summed E-state index contributed by atoms with van der Waals surface area (Å²) >= 11 is 0. The zero-order valence-electron chi connectivity index (χ0n) is 3.47. The van der Waals surface area contributed by atoms with Crippen LogP contribution in [0.5, 0.6) is 0 Å². The molecule has 0 spiro atoms. The summed E-state index contributed by atoms with van der Waals surface area (Å²) in [5.74, 6) is 0. The molecule has 0 aliphatic rings. The van der Waals surface area contributed by atoms with E-state index in [0.29, 0.717) is 0 Å². The lowest BCUT2D eigenvalue weighted by Gasteiger charge is -1.88. The van der Waals surface area contributed by atoms with Gasteiger partial charge in [-0.3, -0.25) is 5.21 Å². The van der Waals surface area contributed by atoms with Gasteiger partial charge in [-0.2, -0.15) is 0 Å². The SMILES string of the molecule is C=[N+]([O-])OC.[C]. The quantitative estimate of drug-likeness (QED) is 0.253. The molecule has 34 valence electrons. The first kappa shape index (κ1) is 8.99. The third-order valence-corrected chi connectivity index (χ3v) is 0.204. The largest absolute Gasteiger partial charge is 0.407 e. The van der Waals surface area contributed by atoms with E-state index in [4.69, 9.17) is 0 Å². The monoisotopic (exact) mass is 87.0 g/mol. The van der Waals surface area contributed by atoms with Crippen molar-refractivity contribution in [3.8, 4) is 0 Å². The van der Waals surface area contributed by atoms with E-state index in [-0.39, 0.29) is 12.3 Å². The van der Waals surface area contributed by atoms with Gasteiger partial charge >= 0.3 is 0 Å². The van der Waals surface area contributed by atoms with E-state index in [2.05, 4.69) is 11.6 Å². The van der Waals surface area contributed by atoms with E-state index in [1.807, 2.05) is 0 Å². The Morgan fingerprint density at radius 3 is 2.00 bits per heavy atom. The highest BCUT2D eigenvalue weighted by Gasteiger charge is 1.63. The first-order chi connectivity index (χ1) is 2.27. The molecule has 0 atom stereocenters. The lowest BCUT2D eigenvalue weighted by molar-refractivity contribution is -0.726. The molecule has 0 saturated heterocycles. The van der Waals surface area contributed by atoms with Crippen LogP contribution in [0.1, 0.15) is 0 Å². The maximum absolute atomic E-state index is 9.40. The van der Waals surface area contributed by atoms with Gasteiger partial charge in [0.25, 0.3) is 0 Å². The molecular weight excluding hydrogens is 82.0 g/mol. The Balaban J connectivity index is 0. The first-order valence-electron chi connectivity index (χ1n) is 1.09. The molecule has 0 aromatic carbocycles. The Kier molecular flexibility index (Phi) is 6.40. The van der Waals surface area contributed by atoms with Gasteiger partial charge in [0.15, 0.2) is 6.72 Å². The molecule has 0 heterocycles. The summed E-state index contributed by atoms with van der Waals surface area (Å²) in [6, 6.07) is 0. The Hall–Kier alpha value is -0.730. The minimum atomic E-state index is 0. The Morgan fingerprint density at radius 1 is 1.83 bits per heavy atom. The van der Waals surface area contributed by atoms with Gasteiger partial charge < -0.3 is 4.84 Å². The van der Waals surface area contributed by atoms with Crippen molar-refractivity contribution in [3.05, 3.63) is 12.6 Å². The van der Waals surface area contributed by atoms with E-state index >= 15 is 0 Å². The molecule has 6 heavy (non-hydrogen) atoms. The molecule has 0 N–H and O–H groups in total. The van der Waals surface area contributed by atoms with Gasteiger partial charge in [-0.15, -0.1) is 0 Å². The fourth-order valence-electron chi connectivity index (χ4n) is 0. The van der Waals surface area contributed by atoms with Gasteiger partial charge in [-0.05, 0) is 0 Å². The standard InChI is InChI=1S/C2H5NO2.C/c1-3(4)5-2;/h1H2,2H3;. The highest BCUT2D eigenvalue weighted by atomic mass is 16.8. The van der Waals surface area contributed by atoms with E-state index in [1.54, 1.807) is 0 Å². The van der Waals surface area contributed by atoms with Crippen molar-refractivity contribution in [2.45, 2.75) is 0 Å². The fourth-order valence-corrected chi connectivity index (χ4v) is 0. The first-order valence-corrected chi connectivity index (χ1v) is 1.09. The van der Waals surface area contributed by atoms with Gasteiger partial charge in [-0.25, -0.2) is 0 Å². The number of rotatable bonds is 1. The van der Waals surface area contributed by atoms with Crippen LogP contribution in [0.25, 0.3) is 0 Å². The highest BCUT2D eigenvalue weighted by Crippen LogP contribution is 1.55. The van der Waals surface area contributed by atoms with E-state index in [1.165, 1.54) is 7.11 Å². The number of nitrogens with zero attached hydrogens (tertiary/aromatic N) is 1. The van der Waals surface area contributed by atoms with Crippen molar-refractivity contribution in [3.63, 3.8) is 0 Å². The van der Waals surface area contributed by atoms with Crippen molar-refractivity contribution < 1.29 is 9.74 Å². The zero-order valence-corrected chi connectivity index (χ0v) is 3.47. The smallest absolute Gasteiger partial charge is 0.198 e. The molecule has 0 aliphatic carbocycles. The molecule has 0 aromatic heterocycles. The molecule has 0 aromatic rings. The molecule has 0 unspecified atom stereocenters. The average molecular weight is 87.1 g/mol. The minimum absolute atomic E-state index is 0.